The molecule has 0 N–H and O–H groups in total. The number of nitrogens with zero attached hydrogens (tertiary/aromatic N) is 2. The van der Waals surface area contributed by atoms with Crippen molar-refractivity contribution in [3.8, 4) is 28.3 Å². The highest BCUT2D eigenvalue weighted by Gasteiger charge is 2.13. The van der Waals surface area contributed by atoms with Gasteiger partial charge < -0.3 is 4.74 Å². The van der Waals surface area contributed by atoms with E-state index in [9.17, 15) is 0 Å². The molecule has 1 aromatic heterocycles. The minimum Gasteiger partial charge on any atom is -0.497 e. The lowest BCUT2D eigenvalue weighted by Gasteiger charge is -2.19. The first kappa shape index (κ1) is 16.2. The lowest BCUT2D eigenvalue weighted by Crippen LogP contribution is -2.10. The van der Waals surface area contributed by atoms with Crippen molar-refractivity contribution in [2.45, 2.75) is 26.2 Å². The lowest BCUT2D eigenvalue weighted by atomic mass is 9.86. The third-order valence-corrected chi connectivity index (χ3v) is 4.08. The maximum Gasteiger partial charge on any atom is 0.159 e. The van der Waals surface area contributed by atoms with E-state index in [0.29, 0.717) is 5.82 Å². The van der Waals surface area contributed by atoms with Gasteiger partial charge >= 0.3 is 0 Å². The summed E-state index contributed by atoms with van der Waals surface area (Å²) in [6, 6.07) is 16.4. The van der Waals surface area contributed by atoms with Crippen LogP contribution in [0.25, 0.3) is 22.5 Å². The first-order valence-electron chi connectivity index (χ1n) is 8.05. The van der Waals surface area contributed by atoms with E-state index in [4.69, 9.17) is 4.74 Å². The largest absolute Gasteiger partial charge is 0.497 e. The van der Waals surface area contributed by atoms with Gasteiger partial charge in [0.1, 0.15) is 5.75 Å². The number of ether oxygens (including phenoxy) is 1. The van der Waals surface area contributed by atoms with Gasteiger partial charge in [0.25, 0.3) is 0 Å². The lowest BCUT2D eigenvalue weighted by molar-refractivity contribution is 0.415. The van der Waals surface area contributed by atoms with Crippen LogP contribution in [-0.2, 0) is 5.41 Å². The van der Waals surface area contributed by atoms with Gasteiger partial charge in [0, 0.05) is 23.5 Å². The topological polar surface area (TPSA) is 35.0 Å². The van der Waals surface area contributed by atoms with Gasteiger partial charge in [0.05, 0.1) is 7.11 Å². The first-order chi connectivity index (χ1) is 11.5. The summed E-state index contributed by atoms with van der Waals surface area (Å²) in [6.07, 6.45) is 3.75. The molecule has 0 amide bonds. The molecule has 0 bridgehead atoms. The second-order valence-corrected chi connectivity index (χ2v) is 6.85. The van der Waals surface area contributed by atoms with E-state index in [-0.39, 0.29) is 5.41 Å². The van der Waals surface area contributed by atoms with E-state index < -0.39 is 0 Å². The monoisotopic (exact) mass is 318 g/mol. The Bertz CT molecular complexity index is 798. The molecule has 0 unspecified atom stereocenters. The van der Waals surface area contributed by atoms with Crippen molar-refractivity contribution in [2.75, 3.05) is 7.11 Å². The van der Waals surface area contributed by atoms with Crippen molar-refractivity contribution >= 4 is 0 Å². The number of hydrogen-bond acceptors (Lipinski definition) is 3. The van der Waals surface area contributed by atoms with Gasteiger partial charge in [0.2, 0.25) is 0 Å². The molecule has 0 radical (unpaired) electrons. The highest BCUT2D eigenvalue weighted by molar-refractivity contribution is 5.64. The van der Waals surface area contributed by atoms with Crippen LogP contribution in [0.3, 0.4) is 0 Å². The molecule has 0 aliphatic rings. The summed E-state index contributed by atoms with van der Waals surface area (Å²) < 4.78 is 5.17. The van der Waals surface area contributed by atoms with Gasteiger partial charge in [-0.15, -0.1) is 0 Å². The maximum atomic E-state index is 5.17. The summed E-state index contributed by atoms with van der Waals surface area (Å²) in [5, 5.41) is 0. The highest BCUT2D eigenvalue weighted by atomic mass is 16.5. The van der Waals surface area contributed by atoms with Gasteiger partial charge in [-0.1, -0.05) is 45.0 Å². The summed E-state index contributed by atoms with van der Waals surface area (Å²) in [4.78, 5) is 9.00. The molecule has 0 atom stereocenters. The van der Waals surface area contributed by atoms with Gasteiger partial charge in [-0.3, -0.25) is 0 Å². The molecule has 0 saturated carbocycles. The Morgan fingerprint density at radius 1 is 0.708 bits per heavy atom. The van der Waals surface area contributed by atoms with Crippen LogP contribution in [0.1, 0.15) is 26.3 Å². The van der Waals surface area contributed by atoms with Crippen LogP contribution in [0.4, 0.5) is 0 Å². The summed E-state index contributed by atoms with van der Waals surface area (Å²) in [6.45, 7) is 6.65. The molecule has 3 heteroatoms. The Hall–Kier alpha value is -2.68. The third-order valence-electron chi connectivity index (χ3n) is 4.08. The van der Waals surface area contributed by atoms with Crippen LogP contribution in [0, 0.1) is 0 Å². The molecule has 122 valence electrons. The van der Waals surface area contributed by atoms with E-state index in [0.717, 1.165) is 22.4 Å². The van der Waals surface area contributed by atoms with Crippen molar-refractivity contribution < 1.29 is 4.74 Å². The Morgan fingerprint density at radius 3 is 1.75 bits per heavy atom. The molecule has 0 aliphatic carbocycles. The average Bonchev–Trinajstić information content (AvgIpc) is 2.61. The number of benzene rings is 2. The maximum absolute atomic E-state index is 5.17. The molecule has 3 rings (SSSR count). The molecule has 1 heterocycles. The fourth-order valence-electron chi connectivity index (χ4n) is 2.53. The average molecular weight is 318 g/mol. The molecule has 0 spiro atoms. The summed E-state index contributed by atoms with van der Waals surface area (Å²) in [5.41, 5.74) is 4.61. The molecule has 0 aliphatic heterocycles. The van der Waals surface area contributed by atoms with Gasteiger partial charge in [0.15, 0.2) is 5.82 Å². The second-order valence-electron chi connectivity index (χ2n) is 6.85. The molecule has 3 aromatic rings. The molecular formula is C21H22N2O. The Morgan fingerprint density at radius 2 is 1.25 bits per heavy atom. The molecule has 0 saturated heterocycles. The minimum absolute atomic E-state index is 0.160. The zero-order chi connectivity index (χ0) is 17.2. The van der Waals surface area contributed by atoms with Crippen LogP contribution in [0.5, 0.6) is 5.75 Å². The zero-order valence-electron chi connectivity index (χ0n) is 14.6. The Labute approximate surface area is 143 Å². The van der Waals surface area contributed by atoms with Gasteiger partial charge in [-0.2, -0.15) is 0 Å². The molecule has 2 aromatic carbocycles. The van der Waals surface area contributed by atoms with Crippen molar-refractivity contribution in [1.29, 1.82) is 0 Å². The van der Waals surface area contributed by atoms with E-state index in [2.05, 4.69) is 55.0 Å². The van der Waals surface area contributed by atoms with Crippen molar-refractivity contribution in [3.05, 3.63) is 66.5 Å². The number of rotatable bonds is 3. The number of aromatic nitrogens is 2. The third kappa shape index (κ3) is 3.46. The van der Waals surface area contributed by atoms with E-state index in [1.165, 1.54) is 5.56 Å². The van der Waals surface area contributed by atoms with Crippen molar-refractivity contribution in [3.63, 3.8) is 0 Å². The molecule has 24 heavy (non-hydrogen) atoms. The summed E-state index contributed by atoms with van der Waals surface area (Å²) in [5.74, 6) is 1.54. The summed E-state index contributed by atoms with van der Waals surface area (Å²) >= 11 is 0. The second kappa shape index (κ2) is 6.44. The highest BCUT2D eigenvalue weighted by Crippen LogP contribution is 2.26. The number of methoxy groups -OCH3 is 1. The van der Waals surface area contributed by atoms with Crippen LogP contribution >= 0.6 is 0 Å². The van der Waals surface area contributed by atoms with Gasteiger partial charge in [-0.25, -0.2) is 9.97 Å². The van der Waals surface area contributed by atoms with Crippen LogP contribution < -0.4 is 4.74 Å². The van der Waals surface area contributed by atoms with Crippen molar-refractivity contribution in [2.24, 2.45) is 0 Å². The Balaban J connectivity index is 1.83. The number of hydrogen-bond donors (Lipinski definition) is 0. The van der Waals surface area contributed by atoms with Crippen molar-refractivity contribution in [1.82, 2.24) is 9.97 Å². The molecule has 3 nitrogen and oxygen atoms in total. The fourth-order valence-corrected chi connectivity index (χ4v) is 2.53. The fraction of sp³-hybridized carbons (Fsp3) is 0.238. The van der Waals surface area contributed by atoms with E-state index in [1.807, 2.05) is 36.7 Å². The normalized spacial score (nSPS) is 11.3. The Kier molecular flexibility index (Phi) is 4.34. The zero-order valence-corrected chi connectivity index (χ0v) is 14.6. The van der Waals surface area contributed by atoms with Gasteiger partial charge in [-0.05, 0) is 40.8 Å². The first-order valence-corrected chi connectivity index (χ1v) is 8.05. The van der Waals surface area contributed by atoms with Crippen LogP contribution in [-0.4, -0.2) is 17.1 Å². The smallest absolute Gasteiger partial charge is 0.159 e. The predicted octanol–water partition coefficient (Wildman–Crippen LogP) is 5.12. The minimum atomic E-state index is 0.160. The quantitative estimate of drug-likeness (QED) is 0.672. The summed E-state index contributed by atoms with van der Waals surface area (Å²) in [7, 11) is 1.66. The van der Waals surface area contributed by atoms with E-state index >= 15 is 0 Å². The molecular weight excluding hydrogens is 296 g/mol. The van der Waals surface area contributed by atoms with Crippen LogP contribution in [0.2, 0.25) is 0 Å². The predicted molar refractivity (Wildman–Crippen MR) is 98.2 cm³/mol. The van der Waals surface area contributed by atoms with E-state index in [1.54, 1.807) is 7.11 Å². The SMILES string of the molecule is COc1ccc(-c2ncc(-c3ccc(C(C)(C)C)cc3)cn2)cc1. The standard InChI is InChI=1S/C21H22N2O/c1-21(2,3)18-9-5-15(6-10-18)17-13-22-20(23-14-17)16-7-11-19(24-4)12-8-16/h5-14H,1-4H3. The van der Waals surface area contributed by atoms with Crippen LogP contribution in [0.15, 0.2) is 60.9 Å². The molecule has 0 fully saturated rings.